The Hall–Kier alpha value is -1.88. The first-order valence-corrected chi connectivity index (χ1v) is 5.73. The van der Waals surface area contributed by atoms with Crippen molar-refractivity contribution < 1.29 is 0 Å². The van der Waals surface area contributed by atoms with Crippen molar-refractivity contribution in [2.24, 2.45) is 7.05 Å². The summed E-state index contributed by atoms with van der Waals surface area (Å²) in [7, 11) is 1.99. The summed E-state index contributed by atoms with van der Waals surface area (Å²) in [5.74, 6) is 0.560. The molecule has 0 bridgehead atoms. The van der Waals surface area contributed by atoms with Gasteiger partial charge in [-0.25, -0.2) is 9.97 Å². The topological polar surface area (TPSA) is 68.8 Å². The molecule has 1 aliphatic rings. The molecule has 0 saturated heterocycles. The SMILES string of the molecule is Cn1cc(C2=CCNCC2)c2c(N)ncnc21. The highest BCUT2D eigenvalue weighted by molar-refractivity contribution is 5.97. The van der Waals surface area contributed by atoms with E-state index in [2.05, 4.69) is 27.6 Å². The van der Waals surface area contributed by atoms with Gasteiger partial charge in [-0.1, -0.05) is 6.08 Å². The maximum absolute atomic E-state index is 5.97. The molecule has 3 rings (SSSR count). The van der Waals surface area contributed by atoms with Gasteiger partial charge in [0.25, 0.3) is 0 Å². The maximum atomic E-state index is 5.97. The number of fused-ring (bicyclic) bond motifs is 1. The smallest absolute Gasteiger partial charge is 0.145 e. The van der Waals surface area contributed by atoms with Crippen LogP contribution in [0.2, 0.25) is 0 Å². The van der Waals surface area contributed by atoms with E-state index in [4.69, 9.17) is 5.73 Å². The van der Waals surface area contributed by atoms with Crippen molar-refractivity contribution in [1.29, 1.82) is 0 Å². The molecule has 0 amide bonds. The average molecular weight is 229 g/mol. The second-order valence-corrected chi connectivity index (χ2v) is 4.29. The lowest BCUT2D eigenvalue weighted by molar-refractivity contribution is 0.738. The fourth-order valence-corrected chi connectivity index (χ4v) is 2.35. The van der Waals surface area contributed by atoms with Crippen LogP contribution < -0.4 is 11.1 Å². The Morgan fingerprint density at radius 3 is 3.06 bits per heavy atom. The van der Waals surface area contributed by atoms with Crippen LogP contribution in [0.4, 0.5) is 5.82 Å². The molecule has 2 aromatic heterocycles. The third-order valence-corrected chi connectivity index (χ3v) is 3.19. The van der Waals surface area contributed by atoms with Gasteiger partial charge in [0.2, 0.25) is 0 Å². The fourth-order valence-electron chi connectivity index (χ4n) is 2.35. The van der Waals surface area contributed by atoms with E-state index >= 15 is 0 Å². The van der Waals surface area contributed by atoms with E-state index in [1.54, 1.807) is 0 Å². The largest absolute Gasteiger partial charge is 0.383 e. The third kappa shape index (κ3) is 1.59. The number of anilines is 1. The van der Waals surface area contributed by atoms with Crippen LogP contribution in [0.3, 0.4) is 0 Å². The summed E-state index contributed by atoms with van der Waals surface area (Å²) in [4.78, 5) is 8.37. The summed E-state index contributed by atoms with van der Waals surface area (Å²) in [5, 5.41) is 4.28. The first-order chi connectivity index (χ1) is 8.27. The van der Waals surface area contributed by atoms with E-state index in [0.29, 0.717) is 5.82 Å². The predicted octanol–water partition coefficient (Wildman–Crippen LogP) is 0.927. The van der Waals surface area contributed by atoms with E-state index in [1.165, 1.54) is 17.5 Å². The Morgan fingerprint density at radius 1 is 1.41 bits per heavy atom. The number of nitrogens with zero attached hydrogens (tertiary/aromatic N) is 3. The van der Waals surface area contributed by atoms with Gasteiger partial charge in [0.15, 0.2) is 0 Å². The van der Waals surface area contributed by atoms with Crippen LogP contribution in [-0.4, -0.2) is 27.6 Å². The van der Waals surface area contributed by atoms with Gasteiger partial charge >= 0.3 is 0 Å². The van der Waals surface area contributed by atoms with Crippen molar-refractivity contribution in [2.45, 2.75) is 6.42 Å². The molecular weight excluding hydrogens is 214 g/mol. The van der Waals surface area contributed by atoms with Gasteiger partial charge in [-0.3, -0.25) is 0 Å². The lowest BCUT2D eigenvalue weighted by Crippen LogP contribution is -2.20. The quantitative estimate of drug-likeness (QED) is 0.763. The summed E-state index contributed by atoms with van der Waals surface area (Å²) in [6, 6.07) is 0. The number of rotatable bonds is 1. The normalized spacial score (nSPS) is 16.2. The third-order valence-electron chi connectivity index (χ3n) is 3.19. The first-order valence-electron chi connectivity index (χ1n) is 5.73. The van der Waals surface area contributed by atoms with Gasteiger partial charge in [0.05, 0.1) is 5.39 Å². The van der Waals surface area contributed by atoms with Gasteiger partial charge in [-0.15, -0.1) is 0 Å². The Bertz CT molecular complexity index is 596. The molecule has 0 radical (unpaired) electrons. The molecule has 3 heterocycles. The van der Waals surface area contributed by atoms with E-state index in [9.17, 15) is 0 Å². The van der Waals surface area contributed by atoms with Crippen molar-refractivity contribution in [1.82, 2.24) is 19.9 Å². The molecule has 0 unspecified atom stereocenters. The Balaban J connectivity index is 2.26. The molecular formula is C12H15N5. The number of aryl methyl sites for hydroxylation is 1. The number of nitrogens with two attached hydrogens (primary N) is 1. The number of nitrogen functional groups attached to an aromatic ring is 1. The highest BCUT2D eigenvalue weighted by Gasteiger charge is 2.15. The molecule has 0 saturated carbocycles. The van der Waals surface area contributed by atoms with Gasteiger partial charge in [0, 0.05) is 25.4 Å². The maximum Gasteiger partial charge on any atom is 0.145 e. The standard InChI is InChI=1S/C12H15N5/c1-17-6-9(8-2-4-14-5-3-8)10-11(13)15-7-16-12(10)17/h2,6-7,14H,3-5H2,1H3,(H2,13,15,16). The van der Waals surface area contributed by atoms with E-state index < -0.39 is 0 Å². The Morgan fingerprint density at radius 2 is 2.29 bits per heavy atom. The predicted molar refractivity (Wildman–Crippen MR) is 68.4 cm³/mol. The fraction of sp³-hybridized carbons (Fsp3) is 0.333. The Kier molecular flexibility index (Phi) is 2.33. The number of hydrogen-bond donors (Lipinski definition) is 2. The molecule has 0 fully saturated rings. The van der Waals surface area contributed by atoms with Crippen molar-refractivity contribution in [2.75, 3.05) is 18.8 Å². The summed E-state index contributed by atoms with van der Waals surface area (Å²) in [6.07, 6.45) is 6.84. The molecule has 2 aromatic rings. The molecule has 88 valence electrons. The van der Waals surface area contributed by atoms with Crippen LogP contribution in [-0.2, 0) is 7.05 Å². The van der Waals surface area contributed by atoms with Crippen molar-refractivity contribution in [3.05, 3.63) is 24.2 Å². The Labute approximate surface area is 99.4 Å². The van der Waals surface area contributed by atoms with Crippen LogP contribution in [0.25, 0.3) is 16.6 Å². The first kappa shape index (κ1) is 10.3. The molecule has 0 atom stereocenters. The number of hydrogen-bond acceptors (Lipinski definition) is 4. The highest BCUT2D eigenvalue weighted by atomic mass is 15.0. The van der Waals surface area contributed by atoms with E-state index in [-0.39, 0.29) is 0 Å². The number of nitrogens with one attached hydrogen (secondary N) is 1. The number of aromatic nitrogens is 3. The zero-order chi connectivity index (χ0) is 11.8. The molecule has 17 heavy (non-hydrogen) atoms. The second-order valence-electron chi connectivity index (χ2n) is 4.29. The summed E-state index contributed by atoms with van der Waals surface area (Å²) >= 11 is 0. The minimum atomic E-state index is 0.560. The molecule has 0 spiro atoms. The van der Waals surface area contributed by atoms with Gasteiger partial charge in [-0.2, -0.15) is 0 Å². The zero-order valence-corrected chi connectivity index (χ0v) is 9.77. The van der Waals surface area contributed by atoms with Crippen LogP contribution >= 0.6 is 0 Å². The average Bonchev–Trinajstić information content (AvgIpc) is 2.70. The van der Waals surface area contributed by atoms with Crippen molar-refractivity contribution >= 4 is 22.4 Å². The minimum absolute atomic E-state index is 0.560. The van der Waals surface area contributed by atoms with Crippen LogP contribution in [0, 0.1) is 0 Å². The monoisotopic (exact) mass is 229 g/mol. The minimum Gasteiger partial charge on any atom is -0.383 e. The van der Waals surface area contributed by atoms with Gasteiger partial charge in [0.1, 0.15) is 17.8 Å². The van der Waals surface area contributed by atoms with Crippen LogP contribution in [0.5, 0.6) is 0 Å². The van der Waals surface area contributed by atoms with E-state index in [1.807, 2.05) is 11.6 Å². The van der Waals surface area contributed by atoms with Gasteiger partial charge in [-0.05, 0) is 18.5 Å². The summed E-state index contributed by atoms with van der Waals surface area (Å²) in [5.41, 5.74) is 9.36. The lowest BCUT2D eigenvalue weighted by atomic mass is 10.0. The van der Waals surface area contributed by atoms with E-state index in [0.717, 1.165) is 30.5 Å². The molecule has 3 N–H and O–H groups in total. The van der Waals surface area contributed by atoms with Crippen molar-refractivity contribution in [3.63, 3.8) is 0 Å². The molecule has 0 aromatic carbocycles. The zero-order valence-electron chi connectivity index (χ0n) is 9.77. The lowest BCUT2D eigenvalue weighted by Gasteiger charge is -2.13. The summed E-state index contributed by atoms with van der Waals surface area (Å²) < 4.78 is 2.01. The van der Waals surface area contributed by atoms with Crippen LogP contribution in [0.15, 0.2) is 18.6 Å². The summed E-state index contributed by atoms with van der Waals surface area (Å²) in [6.45, 7) is 1.93. The second kappa shape index (κ2) is 3.85. The molecule has 5 nitrogen and oxygen atoms in total. The highest BCUT2D eigenvalue weighted by Crippen LogP contribution is 2.30. The molecule has 5 heteroatoms. The molecule has 0 aliphatic carbocycles. The van der Waals surface area contributed by atoms with Crippen LogP contribution in [0.1, 0.15) is 12.0 Å². The molecule has 1 aliphatic heterocycles. The van der Waals surface area contributed by atoms with Gasteiger partial charge < -0.3 is 15.6 Å². The van der Waals surface area contributed by atoms with Crippen molar-refractivity contribution in [3.8, 4) is 0 Å².